The van der Waals surface area contributed by atoms with E-state index in [0.29, 0.717) is 6.04 Å². The van der Waals surface area contributed by atoms with E-state index in [4.69, 9.17) is 11.6 Å². The first kappa shape index (κ1) is 12.9. The van der Waals surface area contributed by atoms with E-state index in [1.54, 1.807) is 6.07 Å². The SMILES string of the molecule is CNC(C)Cc1cc(Cl)c([N+](=O)[O-])cc1C. The topological polar surface area (TPSA) is 55.2 Å². The zero-order valence-electron chi connectivity index (χ0n) is 9.58. The van der Waals surface area contributed by atoms with Crippen molar-refractivity contribution < 1.29 is 4.92 Å². The molecule has 4 nitrogen and oxygen atoms in total. The normalized spacial score (nSPS) is 12.5. The second kappa shape index (κ2) is 5.27. The van der Waals surface area contributed by atoms with Gasteiger partial charge in [-0.1, -0.05) is 11.6 Å². The van der Waals surface area contributed by atoms with Crippen LogP contribution in [0.4, 0.5) is 5.69 Å². The lowest BCUT2D eigenvalue weighted by Crippen LogP contribution is -2.23. The minimum atomic E-state index is -0.458. The van der Waals surface area contributed by atoms with Crippen LogP contribution in [0.2, 0.25) is 5.02 Å². The molecule has 16 heavy (non-hydrogen) atoms. The Labute approximate surface area is 99.8 Å². The van der Waals surface area contributed by atoms with E-state index in [1.165, 1.54) is 6.07 Å². The predicted octanol–water partition coefficient (Wildman–Crippen LogP) is 2.71. The Hall–Kier alpha value is -1.13. The molecule has 0 bridgehead atoms. The van der Waals surface area contributed by atoms with Crippen molar-refractivity contribution in [2.24, 2.45) is 0 Å². The van der Waals surface area contributed by atoms with Crippen molar-refractivity contribution in [3.63, 3.8) is 0 Å². The van der Waals surface area contributed by atoms with Crippen LogP contribution in [-0.2, 0) is 6.42 Å². The van der Waals surface area contributed by atoms with E-state index in [1.807, 2.05) is 14.0 Å². The number of hydrogen-bond acceptors (Lipinski definition) is 3. The van der Waals surface area contributed by atoms with Gasteiger partial charge >= 0.3 is 0 Å². The molecule has 88 valence electrons. The van der Waals surface area contributed by atoms with Gasteiger partial charge in [-0.25, -0.2) is 0 Å². The van der Waals surface area contributed by atoms with Crippen molar-refractivity contribution in [3.05, 3.63) is 38.4 Å². The molecule has 0 fully saturated rings. The Morgan fingerprint density at radius 3 is 2.69 bits per heavy atom. The van der Waals surface area contributed by atoms with Gasteiger partial charge in [-0.2, -0.15) is 0 Å². The van der Waals surface area contributed by atoms with Crippen molar-refractivity contribution in [1.29, 1.82) is 0 Å². The number of aryl methyl sites for hydroxylation is 1. The molecule has 0 aliphatic carbocycles. The highest BCUT2D eigenvalue weighted by Gasteiger charge is 2.15. The Balaban J connectivity index is 3.05. The third-order valence-corrected chi connectivity index (χ3v) is 2.92. The van der Waals surface area contributed by atoms with Crippen molar-refractivity contribution >= 4 is 17.3 Å². The van der Waals surface area contributed by atoms with Gasteiger partial charge in [0.25, 0.3) is 5.69 Å². The largest absolute Gasteiger partial charge is 0.317 e. The Kier molecular flexibility index (Phi) is 4.26. The maximum atomic E-state index is 10.7. The van der Waals surface area contributed by atoms with Gasteiger partial charge in [-0.15, -0.1) is 0 Å². The molecule has 0 heterocycles. The Morgan fingerprint density at radius 1 is 1.56 bits per heavy atom. The Morgan fingerprint density at radius 2 is 2.19 bits per heavy atom. The zero-order chi connectivity index (χ0) is 12.3. The lowest BCUT2D eigenvalue weighted by molar-refractivity contribution is -0.384. The molecule has 0 aliphatic heterocycles. The van der Waals surface area contributed by atoms with E-state index in [0.717, 1.165) is 17.5 Å². The molecule has 0 saturated carbocycles. The molecular weight excluding hydrogens is 228 g/mol. The molecule has 0 aliphatic rings. The lowest BCUT2D eigenvalue weighted by atomic mass is 10.0. The lowest BCUT2D eigenvalue weighted by Gasteiger charge is -2.12. The number of nitrogens with one attached hydrogen (secondary N) is 1. The summed E-state index contributed by atoms with van der Waals surface area (Å²) in [6, 6.07) is 3.53. The van der Waals surface area contributed by atoms with Gasteiger partial charge in [-0.3, -0.25) is 10.1 Å². The number of nitro benzene ring substituents is 1. The minimum Gasteiger partial charge on any atom is -0.317 e. The summed E-state index contributed by atoms with van der Waals surface area (Å²) >= 11 is 5.86. The van der Waals surface area contributed by atoms with Gasteiger partial charge in [0.15, 0.2) is 0 Å². The first-order valence-electron chi connectivity index (χ1n) is 5.06. The maximum Gasteiger partial charge on any atom is 0.288 e. The minimum absolute atomic E-state index is 0.0278. The zero-order valence-corrected chi connectivity index (χ0v) is 10.3. The summed E-state index contributed by atoms with van der Waals surface area (Å²) in [5.41, 5.74) is 1.91. The summed E-state index contributed by atoms with van der Waals surface area (Å²) in [6.45, 7) is 3.91. The van der Waals surface area contributed by atoms with Crippen molar-refractivity contribution in [2.45, 2.75) is 26.3 Å². The number of nitrogens with zero attached hydrogens (tertiary/aromatic N) is 1. The molecule has 0 radical (unpaired) electrons. The summed E-state index contributed by atoms with van der Waals surface area (Å²) in [6.07, 6.45) is 0.806. The van der Waals surface area contributed by atoms with Crippen LogP contribution in [0.3, 0.4) is 0 Å². The van der Waals surface area contributed by atoms with E-state index >= 15 is 0 Å². The van der Waals surface area contributed by atoms with Crippen LogP contribution in [0.5, 0.6) is 0 Å². The van der Waals surface area contributed by atoms with E-state index in [9.17, 15) is 10.1 Å². The summed E-state index contributed by atoms with van der Waals surface area (Å²) in [5.74, 6) is 0. The molecule has 5 heteroatoms. The fraction of sp³-hybridized carbons (Fsp3) is 0.455. The van der Waals surface area contributed by atoms with Gasteiger partial charge in [0.2, 0.25) is 0 Å². The predicted molar refractivity (Wildman–Crippen MR) is 65.1 cm³/mol. The fourth-order valence-corrected chi connectivity index (χ4v) is 1.75. The van der Waals surface area contributed by atoms with Crippen LogP contribution < -0.4 is 5.32 Å². The van der Waals surface area contributed by atoms with Crippen LogP contribution in [0.25, 0.3) is 0 Å². The quantitative estimate of drug-likeness (QED) is 0.652. The smallest absolute Gasteiger partial charge is 0.288 e. The van der Waals surface area contributed by atoms with E-state index < -0.39 is 4.92 Å². The molecular formula is C11H15ClN2O2. The van der Waals surface area contributed by atoms with Crippen LogP contribution in [0.15, 0.2) is 12.1 Å². The van der Waals surface area contributed by atoms with Crippen LogP contribution in [0, 0.1) is 17.0 Å². The van der Waals surface area contributed by atoms with Gasteiger partial charge in [0.05, 0.1) is 4.92 Å². The summed E-state index contributed by atoms with van der Waals surface area (Å²) in [7, 11) is 1.88. The van der Waals surface area contributed by atoms with Gasteiger partial charge in [-0.05, 0) is 44.5 Å². The highest BCUT2D eigenvalue weighted by molar-refractivity contribution is 6.32. The molecule has 1 aromatic rings. The van der Waals surface area contributed by atoms with Gasteiger partial charge in [0, 0.05) is 12.1 Å². The number of rotatable bonds is 4. The first-order valence-corrected chi connectivity index (χ1v) is 5.44. The number of nitro groups is 1. The molecule has 0 aromatic heterocycles. The van der Waals surface area contributed by atoms with Crippen molar-refractivity contribution in [2.75, 3.05) is 7.05 Å². The van der Waals surface area contributed by atoms with Gasteiger partial charge < -0.3 is 5.32 Å². The summed E-state index contributed by atoms with van der Waals surface area (Å²) in [5, 5.41) is 14.0. The molecule has 0 saturated heterocycles. The standard InChI is InChI=1S/C11H15ClN2O2/c1-7-4-11(14(15)16)10(12)6-9(7)5-8(2)13-3/h4,6,8,13H,5H2,1-3H3. The van der Waals surface area contributed by atoms with Crippen molar-refractivity contribution in [3.8, 4) is 0 Å². The third kappa shape index (κ3) is 2.93. The highest BCUT2D eigenvalue weighted by atomic mass is 35.5. The molecule has 0 spiro atoms. The highest BCUT2D eigenvalue weighted by Crippen LogP contribution is 2.28. The maximum absolute atomic E-state index is 10.7. The number of halogens is 1. The average Bonchev–Trinajstić information content (AvgIpc) is 2.22. The van der Waals surface area contributed by atoms with Crippen LogP contribution >= 0.6 is 11.6 Å². The molecule has 1 N–H and O–H groups in total. The molecule has 0 amide bonds. The Bertz CT molecular complexity index is 407. The second-order valence-electron chi connectivity index (χ2n) is 3.88. The first-order chi connectivity index (χ1) is 7.45. The molecule has 1 unspecified atom stereocenters. The van der Waals surface area contributed by atoms with E-state index in [2.05, 4.69) is 12.2 Å². The van der Waals surface area contributed by atoms with Crippen LogP contribution in [-0.4, -0.2) is 18.0 Å². The second-order valence-corrected chi connectivity index (χ2v) is 4.29. The molecule has 1 rings (SSSR count). The average molecular weight is 243 g/mol. The number of likely N-dealkylation sites (N-methyl/N-ethyl adjacent to an activating group) is 1. The molecule has 1 aromatic carbocycles. The molecule has 1 atom stereocenters. The fourth-order valence-electron chi connectivity index (χ4n) is 1.50. The number of benzene rings is 1. The third-order valence-electron chi connectivity index (χ3n) is 2.62. The summed E-state index contributed by atoms with van der Waals surface area (Å²) in [4.78, 5) is 10.2. The number of hydrogen-bond donors (Lipinski definition) is 1. The monoisotopic (exact) mass is 242 g/mol. The van der Waals surface area contributed by atoms with Crippen LogP contribution in [0.1, 0.15) is 18.1 Å². The van der Waals surface area contributed by atoms with Gasteiger partial charge in [0.1, 0.15) is 5.02 Å². The summed E-state index contributed by atoms with van der Waals surface area (Å²) < 4.78 is 0. The van der Waals surface area contributed by atoms with E-state index in [-0.39, 0.29) is 10.7 Å². The van der Waals surface area contributed by atoms with Crippen molar-refractivity contribution in [1.82, 2.24) is 5.32 Å².